The van der Waals surface area contributed by atoms with Crippen molar-refractivity contribution in [1.82, 2.24) is 5.43 Å². The number of hydrogen-bond donors (Lipinski definition) is 1. The van der Waals surface area contributed by atoms with Crippen LogP contribution in [-0.4, -0.2) is 18.2 Å². The van der Waals surface area contributed by atoms with Crippen LogP contribution in [0.15, 0.2) is 62.6 Å². The van der Waals surface area contributed by atoms with Crippen molar-refractivity contribution in [2.45, 2.75) is 6.92 Å². The Morgan fingerprint density at radius 3 is 2.55 bits per heavy atom. The third-order valence-corrected chi connectivity index (χ3v) is 3.80. The molecule has 0 aromatic heterocycles. The summed E-state index contributed by atoms with van der Waals surface area (Å²) in [6.07, 6.45) is 0. The lowest BCUT2D eigenvalue weighted by Crippen LogP contribution is -2.25. The second-order valence-electron chi connectivity index (χ2n) is 4.49. The normalized spacial score (nSPS) is 11.1. The molecule has 114 valence electrons. The molecule has 6 heteroatoms. The number of hydrazone groups is 1. The van der Waals surface area contributed by atoms with Crippen molar-refractivity contribution in [2.75, 3.05) is 6.61 Å². The standard InChI is InChI=1S/C16H14Br2N2O2/c1-11(12-5-7-13(17)8-6-12)19-20-16(21)10-22-15-4-2-3-14(18)9-15/h2-9H,10H2,1H3,(H,20,21). The highest BCUT2D eigenvalue weighted by molar-refractivity contribution is 9.10. The van der Waals surface area contributed by atoms with Crippen molar-refractivity contribution in [3.63, 3.8) is 0 Å². The highest BCUT2D eigenvalue weighted by atomic mass is 79.9. The maximum atomic E-state index is 11.7. The van der Waals surface area contributed by atoms with E-state index < -0.39 is 0 Å². The molecule has 2 rings (SSSR count). The number of nitrogens with one attached hydrogen (secondary N) is 1. The third-order valence-electron chi connectivity index (χ3n) is 2.78. The molecule has 0 unspecified atom stereocenters. The van der Waals surface area contributed by atoms with Crippen molar-refractivity contribution in [3.8, 4) is 5.75 Å². The Hall–Kier alpha value is -1.66. The van der Waals surface area contributed by atoms with E-state index in [2.05, 4.69) is 42.4 Å². The van der Waals surface area contributed by atoms with Gasteiger partial charge in [0.25, 0.3) is 5.91 Å². The van der Waals surface area contributed by atoms with Gasteiger partial charge in [-0.1, -0.05) is 50.1 Å². The first kappa shape index (κ1) is 16.7. The molecule has 0 aliphatic carbocycles. The van der Waals surface area contributed by atoms with Gasteiger partial charge in [-0.15, -0.1) is 0 Å². The van der Waals surface area contributed by atoms with Gasteiger partial charge in [-0.2, -0.15) is 5.10 Å². The molecule has 0 fully saturated rings. The van der Waals surface area contributed by atoms with Crippen LogP contribution in [0.1, 0.15) is 12.5 Å². The first-order valence-electron chi connectivity index (χ1n) is 6.52. The number of carbonyl (C=O) groups excluding carboxylic acids is 1. The van der Waals surface area contributed by atoms with E-state index in [0.29, 0.717) is 5.75 Å². The molecule has 0 bridgehead atoms. The van der Waals surface area contributed by atoms with E-state index in [9.17, 15) is 4.79 Å². The Kier molecular flexibility index (Phi) is 6.15. The Morgan fingerprint density at radius 2 is 1.86 bits per heavy atom. The highest BCUT2D eigenvalue weighted by Crippen LogP contribution is 2.17. The lowest BCUT2D eigenvalue weighted by Gasteiger charge is -2.06. The molecule has 0 saturated carbocycles. The zero-order valence-electron chi connectivity index (χ0n) is 11.8. The van der Waals surface area contributed by atoms with Crippen LogP contribution in [0, 0.1) is 0 Å². The monoisotopic (exact) mass is 424 g/mol. The van der Waals surface area contributed by atoms with Gasteiger partial charge >= 0.3 is 0 Å². The quantitative estimate of drug-likeness (QED) is 0.578. The van der Waals surface area contributed by atoms with Crippen molar-refractivity contribution < 1.29 is 9.53 Å². The van der Waals surface area contributed by atoms with E-state index >= 15 is 0 Å². The molecule has 0 saturated heterocycles. The summed E-state index contributed by atoms with van der Waals surface area (Å²) in [5, 5.41) is 4.07. The maximum Gasteiger partial charge on any atom is 0.277 e. The SMILES string of the molecule is CC(=NNC(=O)COc1cccc(Br)c1)c1ccc(Br)cc1. The molecule has 0 atom stereocenters. The van der Waals surface area contributed by atoms with E-state index in [1.807, 2.05) is 43.3 Å². The number of nitrogens with zero attached hydrogens (tertiary/aromatic N) is 1. The Bertz CT molecular complexity index is 685. The van der Waals surface area contributed by atoms with Gasteiger partial charge in [0.15, 0.2) is 6.61 Å². The fraction of sp³-hybridized carbons (Fsp3) is 0.125. The molecule has 1 amide bonds. The van der Waals surface area contributed by atoms with E-state index in [0.717, 1.165) is 20.2 Å². The summed E-state index contributed by atoms with van der Waals surface area (Å²) >= 11 is 6.72. The van der Waals surface area contributed by atoms with Crippen LogP contribution in [0.2, 0.25) is 0 Å². The van der Waals surface area contributed by atoms with Crippen LogP contribution < -0.4 is 10.2 Å². The lowest BCUT2D eigenvalue weighted by molar-refractivity contribution is -0.123. The van der Waals surface area contributed by atoms with Gasteiger partial charge in [0, 0.05) is 8.95 Å². The Balaban J connectivity index is 1.86. The maximum absolute atomic E-state index is 11.7. The minimum Gasteiger partial charge on any atom is -0.484 e. The average Bonchev–Trinajstić information content (AvgIpc) is 2.51. The van der Waals surface area contributed by atoms with Crippen LogP contribution in [-0.2, 0) is 4.79 Å². The van der Waals surface area contributed by atoms with Crippen LogP contribution in [0.4, 0.5) is 0 Å². The van der Waals surface area contributed by atoms with Crippen LogP contribution in [0.25, 0.3) is 0 Å². The van der Waals surface area contributed by atoms with Gasteiger partial charge in [-0.05, 0) is 42.8 Å². The minimum absolute atomic E-state index is 0.0897. The number of amides is 1. The summed E-state index contributed by atoms with van der Waals surface area (Å²) in [7, 11) is 0. The number of halogens is 2. The second-order valence-corrected chi connectivity index (χ2v) is 6.32. The zero-order chi connectivity index (χ0) is 15.9. The van der Waals surface area contributed by atoms with E-state index in [4.69, 9.17) is 4.74 Å². The number of carbonyl (C=O) groups is 1. The molecule has 0 radical (unpaired) electrons. The van der Waals surface area contributed by atoms with Gasteiger partial charge in [-0.3, -0.25) is 4.79 Å². The topological polar surface area (TPSA) is 50.7 Å². The second kappa shape index (κ2) is 8.10. The molecule has 0 spiro atoms. The van der Waals surface area contributed by atoms with Gasteiger partial charge in [0.1, 0.15) is 5.75 Å². The summed E-state index contributed by atoms with van der Waals surface area (Å²) < 4.78 is 7.28. The van der Waals surface area contributed by atoms with Crippen molar-refractivity contribution in [2.24, 2.45) is 5.10 Å². The van der Waals surface area contributed by atoms with Crippen LogP contribution >= 0.6 is 31.9 Å². The van der Waals surface area contributed by atoms with Crippen LogP contribution in [0.5, 0.6) is 5.75 Å². The Morgan fingerprint density at radius 1 is 1.14 bits per heavy atom. The van der Waals surface area contributed by atoms with E-state index in [-0.39, 0.29) is 12.5 Å². The van der Waals surface area contributed by atoms with Gasteiger partial charge in [0.05, 0.1) is 5.71 Å². The summed E-state index contributed by atoms with van der Waals surface area (Å²) in [5.41, 5.74) is 4.15. The first-order valence-corrected chi connectivity index (χ1v) is 8.10. The fourth-order valence-corrected chi connectivity index (χ4v) is 2.28. The molecule has 2 aromatic carbocycles. The molecular formula is C16H14Br2N2O2. The van der Waals surface area contributed by atoms with Crippen molar-refractivity contribution >= 4 is 43.5 Å². The zero-order valence-corrected chi connectivity index (χ0v) is 15.0. The summed E-state index contributed by atoms with van der Waals surface area (Å²) in [4.78, 5) is 11.7. The number of ether oxygens (including phenoxy) is 1. The smallest absolute Gasteiger partial charge is 0.277 e. The van der Waals surface area contributed by atoms with Crippen LogP contribution in [0.3, 0.4) is 0 Å². The minimum atomic E-state index is -0.309. The molecular weight excluding hydrogens is 412 g/mol. The van der Waals surface area contributed by atoms with E-state index in [1.165, 1.54) is 0 Å². The van der Waals surface area contributed by atoms with E-state index in [1.54, 1.807) is 12.1 Å². The summed E-state index contributed by atoms with van der Waals surface area (Å²) in [6.45, 7) is 1.74. The molecule has 2 aromatic rings. The largest absolute Gasteiger partial charge is 0.484 e. The van der Waals surface area contributed by atoms with Crippen molar-refractivity contribution in [3.05, 3.63) is 63.0 Å². The highest BCUT2D eigenvalue weighted by Gasteiger charge is 2.03. The first-order chi connectivity index (χ1) is 10.5. The lowest BCUT2D eigenvalue weighted by atomic mass is 10.1. The number of hydrogen-bond acceptors (Lipinski definition) is 3. The summed E-state index contributed by atoms with van der Waals surface area (Å²) in [5.74, 6) is 0.314. The number of benzene rings is 2. The predicted octanol–water partition coefficient (Wildman–Crippen LogP) is 4.13. The fourth-order valence-electron chi connectivity index (χ4n) is 1.64. The predicted molar refractivity (Wildman–Crippen MR) is 94.1 cm³/mol. The summed E-state index contributed by atoms with van der Waals surface area (Å²) in [6, 6.07) is 15.0. The molecule has 0 heterocycles. The molecule has 1 N–H and O–H groups in total. The van der Waals surface area contributed by atoms with Crippen molar-refractivity contribution in [1.29, 1.82) is 0 Å². The molecule has 0 aliphatic heterocycles. The molecule has 22 heavy (non-hydrogen) atoms. The van der Waals surface area contributed by atoms with Gasteiger partial charge in [-0.25, -0.2) is 5.43 Å². The molecule has 0 aliphatic rings. The molecule has 4 nitrogen and oxygen atoms in total. The van der Waals surface area contributed by atoms with Gasteiger partial charge in [0.2, 0.25) is 0 Å². The Labute approximate surface area is 145 Å². The average molecular weight is 426 g/mol. The third kappa shape index (κ3) is 5.27. The van der Waals surface area contributed by atoms with Gasteiger partial charge < -0.3 is 4.74 Å². The number of rotatable bonds is 5.